The molecule has 0 aromatic heterocycles. The van der Waals surface area contributed by atoms with Gasteiger partial charge in [0.15, 0.2) is 0 Å². The van der Waals surface area contributed by atoms with Crippen LogP contribution in [-0.2, 0) is 4.79 Å². The van der Waals surface area contributed by atoms with E-state index in [-0.39, 0.29) is 29.1 Å². The lowest BCUT2D eigenvalue weighted by Gasteiger charge is -2.17. The molecule has 1 aromatic carbocycles. The molecule has 110 valence electrons. The van der Waals surface area contributed by atoms with E-state index >= 15 is 0 Å². The van der Waals surface area contributed by atoms with E-state index in [4.69, 9.17) is 4.74 Å². The van der Waals surface area contributed by atoms with Gasteiger partial charge in [-0.2, -0.15) is 0 Å². The van der Waals surface area contributed by atoms with E-state index < -0.39 is 4.92 Å². The number of carbonyl (C=O) groups excluding carboxylic acids is 1. The molecule has 2 aliphatic rings. The Morgan fingerprint density at radius 3 is 2.76 bits per heavy atom. The molecule has 3 rings (SSSR count). The summed E-state index contributed by atoms with van der Waals surface area (Å²) in [5, 5.41) is 13.8. The first-order valence-corrected chi connectivity index (χ1v) is 6.90. The maximum atomic E-state index is 12.3. The van der Waals surface area contributed by atoms with Crippen molar-refractivity contribution in [1.29, 1.82) is 0 Å². The first kappa shape index (κ1) is 13.6. The molecule has 21 heavy (non-hydrogen) atoms. The van der Waals surface area contributed by atoms with Crippen LogP contribution in [0.3, 0.4) is 0 Å². The molecule has 2 aliphatic carbocycles. The smallest absolute Gasteiger partial charge is 0.296 e. The number of nitro groups is 1. The Labute approximate surface area is 121 Å². The van der Waals surface area contributed by atoms with Crippen molar-refractivity contribution in [3.8, 4) is 5.75 Å². The predicted molar refractivity (Wildman–Crippen MR) is 77.1 cm³/mol. The lowest BCUT2D eigenvalue weighted by Crippen LogP contribution is -2.26. The summed E-state index contributed by atoms with van der Waals surface area (Å²) in [5.41, 5.74) is 0.0685. The number of hydrogen-bond acceptors (Lipinski definition) is 4. The number of allylic oxidation sites excluding steroid dienone is 2. The van der Waals surface area contributed by atoms with Gasteiger partial charge in [0.05, 0.1) is 18.1 Å². The molecule has 1 fully saturated rings. The summed E-state index contributed by atoms with van der Waals surface area (Å²) < 4.78 is 4.98. The minimum atomic E-state index is -0.515. The van der Waals surface area contributed by atoms with Crippen LogP contribution < -0.4 is 10.1 Å². The van der Waals surface area contributed by atoms with Crippen LogP contribution in [0.1, 0.15) is 12.8 Å². The van der Waals surface area contributed by atoms with E-state index in [1.54, 1.807) is 6.07 Å². The van der Waals surface area contributed by atoms with E-state index in [0.717, 1.165) is 12.8 Å². The van der Waals surface area contributed by atoms with Crippen molar-refractivity contribution in [3.63, 3.8) is 0 Å². The minimum Gasteiger partial charge on any atom is -0.496 e. The van der Waals surface area contributed by atoms with Gasteiger partial charge in [0.25, 0.3) is 5.69 Å². The summed E-state index contributed by atoms with van der Waals surface area (Å²) in [4.78, 5) is 22.9. The van der Waals surface area contributed by atoms with Crippen molar-refractivity contribution in [2.24, 2.45) is 17.8 Å². The van der Waals surface area contributed by atoms with E-state index in [1.807, 2.05) is 0 Å². The van der Waals surface area contributed by atoms with E-state index in [0.29, 0.717) is 11.7 Å². The second-order valence-corrected chi connectivity index (χ2v) is 5.52. The van der Waals surface area contributed by atoms with Gasteiger partial charge in [-0.25, -0.2) is 0 Å². The van der Waals surface area contributed by atoms with Crippen LogP contribution in [0.15, 0.2) is 30.4 Å². The number of hydrogen-bond donors (Lipinski definition) is 1. The monoisotopic (exact) mass is 288 g/mol. The van der Waals surface area contributed by atoms with Gasteiger partial charge in [-0.1, -0.05) is 12.2 Å². The number of carbonyl (C=O) groups is 1. The second-order valence-electron chi connectivity index (χ2n) is 5.52. The van der Waals surface area contributed by atoms with Crippen molar-refractivity contribution in [2.75, 3.05) is 12.4 Å². The number of anilines is 1. The van der Waals surface area contributed by atoms with Gasteiger partial charge in [0, 0.05) is 5.92 Å². The number of ether oxygens (including phenoxy) is 1. The van der Waals surface area contributed by atoms with Gasteiger partial charge < -0.3 is 10.1 Å². The summed E-state index contributed by atoms with van der Waals surface area (Å²) in [5.74, 6) is 0.924. The number of benzene rings is 1. The highest BCUT2D eigenvalue weighted by Crippen LogP contribution is 2.44. The zero-order valence-electron chi connectivity index (χ0n) is 11.6. The van der Waals surface area contributed by atoms with Gasteiger partial charge in [-0.15, -0.1) is 0 Å². The molecule has 0 heterocycles. The van der Waals surface area contributed by atoms with Crippen LogP contribution in [0.25, 0.3) is 0 Å². The zero-order valence-corrected chi connectivity index (χ0v) is 11.6. The zero-order chi connectivity index (χ0) is 15.0. The van der Waals surface area contributed by atoms with Crippen molar-refractivity contribution in [3.05, 3.63) is 40.5 Å². The number of nitrogens with one attached hydrogen (secondary N) is 1. The molecular formula is C15H16N2O4. The number of amides is 1. The Balaban J connectivity index is 1.79. The van der Waals surface area contributed by atoms with Gasteiger partial charge in [-0.3, -0.25) is 14.9 Å². The third-order valence-electron chi connectivity index (χ3n) is 4.28. The molecule has 0 spiro atoms. The van der Waals surface area contributed by atoms with E-state index in [1.165, 1.54) is 19.2 Å². The molecule has 0 unspecified atom stereocenters. The number of nitrogens with zero attached hydrogens (tertiary/aromatic N) is 1. The highest BCUT2D eigenvalue weighted by Gasteiger charge is 2.40. The highest BCUT2D eigenvalue weighted by molar-refractivity contribution is 5.95. The van der Waals surface area contributed by atoms with Gasteiger partial charge in [-0.05, 0) is 36.8 Å². The Morgan fingerprint density at radius 2 is 2.19 bits per heavy atom. The van der Waals surface area contributed by atoms with Crippen LogP contribution in [-0.4, -0.2) is 17.9 Å². The normalized spacial score (nSPS) is 25.9. The fraction of sp³-hybridized carbons (Fsp3) is 0.400. The summed E-state index contributed by atoms with van der Waals surface area (Å²) in [6, 6.07) is 4.43. The van der Waals surface area contributed by atoms with Crippen molar-refractivity contribution in [1.82, 2.24) is 0 Å². The SMILES string of the molecule is COc1ccc(NC(=O)[C@H]2C[C@H]3C=C[C@H]2C3)c([N+](=O)[O-])c1. The molecule has 1 amide bonds. The highest BCUT2D eigenvalue weighted by atomic mass is 16.6. The maximum absolute atomic E-state index is 12.3. The van der Waals surface area contributed by atoms with Gasteiger partial charge in [0.2, 0.25) is 5.91 Å². The molecule has 1 saturated carbocycles. The number of nitro benzene ring substituents is 1. The Morgan fingerprint density at radius 1 is 1.38 bits per heavy atom. The third-order valence-corrected chi connectivity index (χ3v) is 4.28. The molecule has 0 radical (unpaired) electrons. The quantitative estimate of drug-likeness (QED) is 0.524. The lowest BCUT2D eigenvalue weighted by atomic mass is 9.93. The Bertz CT molecular complexity index is 626. The van der Waals surface area contributed by atoms with Gasteiger partial charge in [0.1, 0.15) is 11.4 Å². The molecule has 6 heteroatoms. The minimum absolute atomic E-state index is 0.0818. The standard InChI is InChI=1S/C15H16N2O4/c1-21-11-4-5-13(14(8-11)17(19)20)16-15(18)12-7-9-2-3-10(12)6-9/h2-5,8-10,12H,6-7H2,1H3,(H,16,18)/t9-,10-,12-/m0/s1. The number of rotatable bonds is 4. The van der Waals surface area contributed by atoms with E-state index in [2.05, 4.69) is 17.5 Å². The molecule has 1 N–H and O–H groups in total. The molecule has 3 atom stereocenters. The van der Waals surface area contributed by atoms with Crippen molar-refractivity contribution < 1.29 is 14.5 Å². The maximum Gasteiger partial charge on any atom is 0.296 e. The second kappa shape index (κ2) is 5.20. The lowest BCUT2D eigenvalue weighted by molar-refractivity contribution is -0.384. The summed E-state index contributed by atoms with van der Waals surface area (Å²) in [6.07, 6.45) is 6.09. The van der Waals surface area contributed by atoms with Crippen LogP contribution in [0.5, 0.6) is 5.75 Å². The predicted octanol–water partition coefficient (Wildman–Crippen LogP) is 2.75. The number of fused-ring (bicyclic) bond motifs is 2. The average molecular weight is 288 g/mol. The molecular weight excluding hydrogens is 272 g/mol. The molecule has 2 bridgehead atoms. The summed E-state index contributed by atoms with van der Waals surface area (Å²) >= 11 is 0. The van der Waals surface area contributed by atoms with Crippen molar-refractivity contribution in [2.45, 2.75) is 12.8 Å². The molecule has 6 nitrogen and oxygen atoms in total. The topological polar surface area (TPSA) is 81.5 Å². The van der Waals surface area contributed by atoms with Crippen LogP contribution >= 0.6 is 0 Å². The largest absolute Gasteiger partial charge is 0.496 e. The molecule has 0 saturated heterocycles. The first-order valence-electron chi connectivity index (χ1n) is 6.90. The third kappa shape index (κ3) is 2.49. The Kier molecular flexibility index (Phi) is 3.37. The Hall–Kier alpha value is -2.37. The van der Waals surface area contributed by atoms with Gasteiger partial charge >= 0.3 is 0 Å². The fourth-order valence-corrected chi connectivity index (χ4v) is 3.20. The van der Waals surface area contributed by atoms with E-state index in [9.17, 15) is 14.9 Å². The molecule has 0 aliphatic heterocycles. The number of methoxy groups -OCH3 is 1. The van der Waals surface area contributed by atoms with Crippen molar-refractivity contribution >= 4 is 17.3 Å². The molecule has 1 aromatic rings. The average Bonchev–Trinajstić information content (AvgIpc) is 3.10. The van der Waals surface area contributed by atoms with Crippen LogP contribution in [0.2, 0.25) is 0 Å². The van der Waals surface area contributed by atoms with Crippen LogP contribution in [0, 0.1) is 27.9 Å². The summed E-state index contributed by atoms with van der Waals surface area (Å²) in [6.45, 7) is 0. The summed E-state index contributed by atoms with van der Waals surface area (Å²) in [7, 11) is 1.44. The first-order chi connectivity index (χ1) is 10.1. The fourth-order valence-electron chi connectivity index (χ4n) is 3.20. The van der Waals surface area contributed by atoms with Crippen LogP contribution in [0.4, 0.5) is 11.4 Å².